The molecule has 1 fully saturated rings. The van der Waals surface area contributed by atoms with Crippen LogP contribution in [-0.2, 0) is 9.53 Å². The third kappa shape index (κ3) is 3.37. The van der Waals surface area contributed by atoms with E-state index in [0.29, 0.717) is 24.4 Å². The molecule has 0 aliphatic carbocycles. The first kappa shape index (κ1) is 15.6. The summed E-state index contributed by atoms with van der Waals surface area (Å²) in [5.41, 5.74) is 1.14. The van der Waals surface area contributed by atoms with Crippen molar-refractivity contribution in [1.82, 2.24) is 4.90 Å². The molecule has 0 atom stereocenters. The molecule has 1 aliphatic rings. The van der Waals surface area contributed by atoms with Crippen LogP contribution >= 0.6 is 0 Å². The summed E-state index contributed by atoms with van der Waals surface area (Å²) in [7, 11) is 0. The van der Waals surface area contributed by atoms with E-state index in [1.54, 1.807) is 4.90 Å². The summed E-state index contributed by atoms with van der Waals surface area (Å²) < 4.78 is 10.8. The summed E-state index contributed by atoms with van der Waals surface area (Å²) >= 11 is 0. The highest BCUT2D eigenvalue weighted by atomic mass is 16.5. The molecule has 0 unspecified atom stereocenters. The molecule has 1 N–H and O–H groups in total. The largest absolute Gasteiger partial charge is 0.481 e. The van der Waals surface area contributed by atoms with Crippen molar-refractivity contribution >= 4 is 22.8 Å². The fourth-order valence-corrected chi connectivity index (χ4v) is 2.96. The molecule has 0 spiro atoms. The molecule has 1 aliphatic heterocycles. The van der Waals surface area contributed by atoms with Gasteiger partial charge in [0.2, 0.25) is 0 Å². The number of hydrogen-bond donors (Lipinski definition) is 1. The number of furan rings is 1. The van der Waals surface area contributed by atoms with Crippen molar-refractivity contribution < 1.29 is 23.8 Å². The topological polar surface area (TPSA) is 80.0 Å². The van der Waals surface area contributed by atoms with Gasteiger partial charge < -0.3 is 19.2 Å². The van der Waals surface area contributed by atoms with E-state index in [1.807, 2.05) is 24.3 Å². The van der Waals surface area contributed by atoms with Crippen LogP contribution in [0.4, 0.5) is 0 Å². The van der Waals surface area contributed by atoms with Gasteiger partial charge in [-0.05, 0) is 18.9 Å². The number of carbonyl (C=O) groups excluding carboxylic acids is 1. The molecule has 6 nitrogen and oxygen atoms in total. The van der Waals surface area contributed by atoms with E-state index in [0.717, 1.165) is 18.2 Å². The molecule has 2 heterocycles. The number of para-hydroxylation sites is 1. The lowest BCUT2D eigenvalue weighted by Crippen LogP contribution is -2.44. The first-order valence-electron chi connectivity index (χ1n) is 7.73. The highest BCUT2D eigenvalue weighted by Gasteiger charge is 2.28. The standard InChI is InChI=1S/C17H19NO5/c19-16(20)5-8-18(12-6-9-22-10-7-12)17(21)14-11-23-15-4-2-1-3-13(14)15/h1-4,11-12H,5-10H2,(H,19,20). The average Bonchev–Trinajstić information content (AvgIpc) is 2.99. The van der Waals surface area contributed by atoms with Crippen molar-refractivity contribution in [3.8, 4) is 0 Å². The van der Waals surface area contributed by atoms with Gasteiger partial charge in [0.25, 0.3) is 5.91 Å². The van der Waals surface area contributed by atoms with E-state index >= 15 is 0 Å². The molecule has 23 heavy (non-hydrogen) atoms. The summed E-state index contributed by atoms with van der Waals surface area (Å²) in [6, 6.07) is 7.35. The van der Waals surface area contributed by atoms with Crippen molar-refractivity contribution in [2.24, 2.45) is 0 Å². The quantitative estimate of drug-likeness (QED) is 0.916. The molecule has 1 aromatic carbocycles. The third-order valence-corrected chi connectivity index (χ3v) is 4.17. The summed E-state index contributed by atoms with van der Waals surface area (Å²) in [5.74, 6) is -1.09. The molecule has 3 rings (SSSR count). The summed E-state index contributed by atoms with van der Waals surface area (Å²) in [5, 5.41) is 9.72. The zero-order chi connectivity index (χ0) is 16.2. The number of fused-ring (bicyclic) bond motifs is 1. The van der Waals surface area contributed by atoms with E-state index in [2.05, 4.69) is 0 Å². The number of aliphatic carboxylic acids is 1. The number of amides is 1. The van der Waals surface area contributed by atoms with Gasteiger partial charge in [0.05, 0.1) is 12.0 Å². The number of rotatable bonds is 5. The van der Waals surface area contributed by atoms with Gasteiger partial charge in [0, 0.05) is 31.2 Å². The van der Waals surface area contributed by atoms with Crippen LogP contribution in [0.1, 0.15) is 29.6 Å². The molecule has 0 saturated carbocycles. The number of ether oxygens (including phenoxy) is 1. The minimum Gasteiger partial charge on any atom is -0.481 e. The highest BCUT2D eigenvalue weighted by Crippen LogP contribution is 2.25. The third-order valence-electron chi connectivity index (χ3n) is 4.17. The van der Waals surface area contributed by atoms with Crippen LogP contribution in [-0.4, -0.2) is 47.7 Å². The van der Waals surface area contributed by atoms with Crippen LogP contribution in [0.3, 0.4) is 0 Å². The lowest BCUT2D eigenvalue weighted by molar-refractivity contribution is -0.137. The van der Waals surface area contributed by atoms with Gasteiger partial charge in [-0.15, -0.1) is 0 Å². The number of hydrogen-bond acceptors (Lipinski definition) is 4. The van der Waals surface area contributed by atoms with Crippen LogP contribution in [0.15, 0.2) is 34.9 Å². The molecular weight excluding hydrogens is 298 g/mol. The maximum Gasteiger partial charge on any atom is 0.305 e. The van der Waals surface area contributed by atoms with Gasteiger partial charge in [0.1, 0.15) is 11.8 Å². The number of nitrogens with zero attached hydrogens (tertiary/aromatic N) is 1. The Kier molecular flexibility index (Phi) is 4.62. The second kappa shape index (κ2) is 6.83. The first-order valence-corrected chi connectivity index (χ1v) is 7.73. The smallest absolute Gasteiger partial charge is 0.305 e. The minimum atomic E-state index is -0.910. The Labute approximate surface area is 133 Å². The molecule has 1 saturated heterocycles. The molecule has 1 amide bonds. The fourth-order valence-electron chi connectivity index (χ4n) is 2.96. The number of carbonyl (C=O) groups is 2. The molecule has 1 aromatic heterocycles. The van der Waals surface area contributed by atoms with Gasteiger partial charge in [-0.25, -0.2) is 0 Å². The van der Waals surface area contributed by atoms with Crippen LogP contribution < -0.4 is 0 Å². The van der Waals surface area contributed by atoms with Crippen LogP contribution in [0.2, 0.25) is 0 Å². The predicted octanol–water partition coefficient (Wildman–Crippen LogP) is 2.53. The van der Waals surface area contributed by atoms with Crippen molar-refractivity contribution in [3.63, 3.8) is 0 Å². The Balaban J connectivity index is 1.87. The fraction of sp³-hybridized carbons (Fsp3) is 0.412. The van der Waals surface area contributed by atoms with Crippen LogP contribution in [0.25, 0.3) is 11.0 Å². The van der Waals surface area contributed by atoms with Gasteiger partial charge in [0.15, 0.2) is 0 Å². The maximum absolute atomic E-state index is 13.0. The SMILES string of the molecule is O=C(O)CCN(C(=O)c1coc2ccccc12)C1CCOCC1. The van der Waals surface area contributed by atoms with Crippen molar-refractivity contribution in [1.29, 1.82) is 0 Å². The monoisotopic (exact) mass is 317 g/mol. The second-order valence-electron chi connectivity index (χ2n) is 5.63. The molecule has 0 radical (unpaired) electrons. The molecule has 122 valence electrons. The Bertz CT molecular complexity index is 702. The average molecular weight is 317 g/mol. The van der Waals surface area contributed by atoms with Crippen molar-refractivity contribution in [2.75, 3.05) is 19.8 Å². The molecular formula is C17H19NO5. The van der Waals surface area contributed by atoms with Gasteiger partial charge in [-0.3, -0.25) is 9.59 Å². The van der Waals surface area contributed by atoms with E-state index in [9.17, 15) is 9.59 Å². The summed E-state index contributed by atoms with van der Waals surface area (Å²) in [6.07, 6.45) is 2.83. The highest BCUT2D eigenvalue weighted by molar-refractivity contribution is 6.06. The summed E-state index contributed by atoms with van der Waals surface area (Å²) in [4.78, 5) is 25.6. The Hall–Kier alpha value is -2.34. The Morgan fingerprint density at radius 2 is 1.96 bits per heavy atom. The lowest BCUT2D eigenvalue weighted by atomic mass is 10.0. The Morgan fingerprint density at radius 1 is 1.22 bits per heavy atom. The minimum absolute atomic E-state index is 0.00395. The first-order chi connectivity index (χ1) is 11.2. The van der Waals surface area contributed by atoms with Gasteiger partial charge in [-0.2, -0.15) is 0 Å². The van der Waals surface area contributed by atoms with Crippen LogP contribution in [0.5, 0.6) is 0 Å². The number of carboxylic acids is 1. The van der Waals surface area contributed by atoms with Crippen LogP contribution in [0, 0.1) is 0 Å². The van der Waals surface area contributed by atoms with Gasteiger partial charge >= 0.3 is 5.97 Å². The molecule has 2 aromatic rings. The number of carboxylic acid groups (broad SMARTS) is 1. The normalized spacial score (nSPS) is 15.7. The molecule has 0 bridgehead atoms. The van der Waals surface area contributed by atoms with E-state index in [-0.39, 0.29) is 24.9 Å². The van der Waals surface area contributed by atoms with Crippen molar-refractivity contribution in [2.45, 2.75) is 25.3 Å². The lowest BCUT2D eigenvalue weighted by Gasteiger charge is -2.34. The predicted molar refractivity (Wildman–Crippen MR) is 83.3 cm³/mol. The zero-order valence-corrected chi connectivity index (χ0v) is 12.7. The Morgan fingerprint density at radius 3 is 2.70 bits per heavy atom. The molecule has 6 heteroatoms. The van der Waals surface area contributed by atoms with E-state index < -0.39 is 5.97 Å². The van der Waals surface area contributed by atoms with Crippen molar-refractivity contribution in [3.05, 3.63) is 36.1 Å². The summed E-state index contributed by atoms with van der Waals surface area (Å²) in [6.45, 7) is 1.37. The van der Waals surface area contributed by atoms with Gasteiger partial charge in [-0.1, -0.05) is 18.2 Å². The van der Waals surface area contributed by atoms with E-state index in [1.165, 1.54) is 6.26 Å². The zero-order valence-electron chi connectivity index (χ0n) is 12.7. The maximum atomic E-state index is 13.0. The number of benzene rings is 1. The van der Waals surface area contributed by atoms with E-state index in [4.69, 9.17) is 14.3 Å². The second-order valence-corrected chi connectivity index (χ2v) is 5.63.